The summed E-state index contributed by atoms with van der Waals surface area (Å²) in [4.78, 5) is 16.9. The molecule has 1 atom stereocenters. The molecular weight excluding hydrogens is 276 g/mol. The van der Waals surface area contributed by atoms with Crippen LogP contribution in [0.4, 0.5) is 0 Å². The lowest BCUT2D eigenvalue weighted by molar-refractivity contribution is 0.0575. The molecule has 3 heterocycles. The Hall–Kier alpha value is -1.04. The van der Waals surface area contributed by atoms with Gasteiger partial charge in [0.2, 0.25) is 0 Å². The number of piperazine rings is 1. The fourth-order valence-electron chi connectivity index (χ4n) is 3.09. The van der Waals surface area contributed by atoms with Gasteiger partial charge in [-0.2, -0.15) is 0 Å². The molecule has 2 aliphatic heterocycles. The molecule has 2 fully saturated rings. The van der Waals surface area contributed by atoms with E-state index in [1.165, 1.54) is 6.42 Å². The summed E-state index contributed by atoms with van der Waals surface area (Å²) >= 11 is 0. The number of aromatic nitrogens is 1. The van der Waals surface area contributed by atoms with Crippen LogP contribution in [-0.4, -0.2) is 65.6 Å². The quantitative estimate of drug-likeness (QED) is 0.868. The van der Waals surface area contributed by atoms with E-state index in [1.807, 2.05) is 34.8 Å². The third-order valence-corrected chi connectivity index (χ3v) is 4.32. The van der Waals surface area contributed by atoms with Gasteiger partial charge in [0, 0.05) is 52.0 Å². The first kappa shape index (κ1) is 15.4. The number of carbonyl (C=O) groups is 1. The molecule has 0 aliphatic carbocycles. The highest BCUT2D eigenvalue weighted by atomic mass is 35.5. The molecule has 6 heteroatoms. The van der Waals surface area contributed by atoms with Crippen LogP contribution in [0.5, 0.6) is 0 Å². The van der Waals surface area contributed by atoms with Crippen LogP contribution in [0.15, 0.2) is 18.3 Å². The van der Waals surface area contributed by atoms with E-state index in [0.717, 1.165) is 45.0 Å². The van der Waals surface area contributed by atoms with Gasteiger partial charge in [-0.25, -0.2) is 0 Å². The minimum atomic E-state index is 0. The number of halogens is 1. The minimum absolute atomic E-state index is 0. The van der Waals surface area contributed by atoms with Gasteiger partial charge in [-0.15, -0.1) is 12.4 Å². The van der Waals surface area contributed by atoms with Crippen LogP contribution in [0.2, 0.25) is 0 Å². The molecule has 2 saturated heterocycles. The van der Waals surface area contributed by atoms with Crippen LogP contribution < -0.4 is 5.32 Å². The monoisotopic (exact) mass is 298 g/mol. The summed E-state index contributed by atoms with van der Waals surface area (Å²) in [6.07, 6.45) is 3.17. The van der Waals surface area contributed by atoms with Crippen molar-refractivity contribution in [2.75, 3.05) is 39.3 Å². The van der Waals surface area contributed by atoms with Gasteiger partial charge in [0.05, 0.1) is 0 Å². The van der Waals surface area contributed by atoms with Gasteiger partial charge in [0.1, 0.15) is 5.69 Å². The molecule has 1 N–H and O–H groups in total. The lowest BCUT2D eigenvalue weighted by Crippen LogP contribution is -2.52. The van der Waals surface area contributed by atoms with Crippen molar-refractivity contribution in [1.82, 2.24) is 19.7 Å². The molecule has 20 heavy (non-hydrogen) atoms. The first-order chi connectivity index (χ1) is 9.25. The van der Waals surface area contributed by atoms with E-state index in [0.29, 0.717) is 6.04 Å². The van der Waals surface area contributed by atoms with E-state index in [2.05, 4.69) is 10.2 Å². The van der Waals surface area contributed by atoms with E-state index >= 15 is 0 Å². The van der Waals surface area contributed by atoms with Gasteiger partial charge >= 0.3 is 0 Å². The molecule has 0 radical (unpaired) electrons. The molecule has 2 aliphatic rings. The Balaban J connectivity index is 0.00000147. The molecule has 0 spiro atoms. The second-order valence-corrected chi connectivity index (χ2v) is 5.48. The van der Waals surface area contributed by atoms with Crippen molar-refractivity contribution in [3.8, 4) is 0 Å². The molecular formula is C14H23ClN4O. The highest BCUT2D eigenvalue weighted by Crippen LogP contribution is 2.14. The fraction of sp³-hybridized carbons (Fsp3) is 0.643. The lowest BCUT2D eigenvalue weighted by Gasteiger charge is -2.37. The summed E-state index contributed by atoms with van der Waals surface area (Å²) in [7, 11) is 1.92. The van der Waals surface area contributed by atoms with Crippen molar-refractivity contribution in [1.29, 1.82) is 0 Å². The Bertz CT molecular complexity index is 448. The number of rotatable bonds is 2. The van der Waals surface area contributed by atoms with Crippen molar-refractivity contribution in [2.24, 2.45) is 7.05 Å². The third-order valence-electron chi connectivity index (χ3n) is 4.32. The maximum Gasteiger partial charge on any atom is 0.270 e. The third kappa shape index (κ3) is 3.00. The number of aryl methyl sites for hydroxylation is 1. The van der Waals surface area contributed by atoms with Crippen LogP contribution in [0, 0.1) is 0 Å². The molecule has 3 rings (SSSR count). The zero-order chi connectivity index (χ0) is 13.2. The normalized spacial score (nSPS) is 23.6. The number of hydrogen-bond acceptors (Lipinski definition) is 3. The first-order valence-corrected chi connectivity index (χ1v) is 7.11. The first-order valence-electron chi connectivity index (χ1n) is 7.11. The van der Waals surface area contributed by atoms with Crippen LogP contribution in [0.25, 0.3) is 0 Å². The maximum absolute atomic E-state index is 12.4. The van der Waals surface area contributed by atoms with Crippen molar-refractivity contribution < 1.29 is 4.79 Å². The van der Waals surface area contributed by atoms with Crippen LogP contribution in [0.3, 0.4) is 0 Å². The molecule has 0 saturated carbocycles. The molecule has 0 bridgehead atoms. The van der Waals surface area contributed by atoms with Crippen molar-refractivity contribution in [3.63, 3.8) is 0 Å². The Labute approximate surface area is 126 Å². The number of carbonyl (C=O) groups excluding carboxylic acids is 1. The summed E-state index contributed by atoms with van der Waals surface area (Å²) < 4.78 is 1.90. The summed E-state index contributed by atoms with van der Waals surface area (Å²) in [5, 5.41) is 3.41. The van der Waals surface area contributed by atoms with Crippen molar-refractivity contribution >= 4 is 18.3 Å². The standard InChI is InChI=1S/C14H22N4O.ClH/c1-16-6-2-3-13(16)14(19)18-9-7-17(8-10-18)12-4-5-15-11-12;/h2-3,6,12,15H,4-5,7-11H2,1H3;1H. The van der Waals surface area contributed by atoms with Gasteiger partial charge in [0.15, 0.2) is 0 Å². The summed E-state index contributed by atoms with van der Waals surface area (Å²) in [6, 6.07) is 4.50. The SMILES string of the molecule is Cl.Cn1cccc1C(=O)N1CCN(C2CCNC2)CC1. The highest BCUT2D eigenvalue weighted by Gasteiger charge is 2.28. The molecule has 112 valence electrons. The van der Waals surface area contributed by atoms with Gasteiger partial charge in [-0.1, -0.05) is 0 Å². The topological polar surface area (TPSA) is 40.5 Å². The van der Waals surface area contributed by atoms with Gasteiger partial charge < -0.3 is 14.8 Å². The number of hydrogen-bond donors (Lipinski definition) is 1. The number of nitrogens with zero attached hydrogens (tertiary/aromatic N) is 3. The van der Waals surface area contributed by atoms with Crippen LogP contribution >= 0.6 is 12.4 Å². The van der Waals surface area contributed by atoms with Crippen LogP contribution in [-0.2, 0) is 7.05 Å². The van der Waals surface area contributed by atoms with E-state index in [4.69, 9.17) is 0 Å². The predicted molar refractivity (Wildman–Crippen MR) is 81.4 cm³/mol. The van der Waals surface area contributed by atoms with Crippen molar-refractivity contribution in [2.45, 2.75) is 12.5 Å². The smallest absolute Gasteiger partial charge is 0.270 e. The molecule has 0 aromatic carbocycles. The second-order valence-electron chi connectivity index (χ2n) is 5.48. The summed E-state index contributed by atoms with van der Waals surface area (Å²) in [5.41, 5.74) is 0.788. The van der Waals surface area contributed by atoms with Gasteiger partial charge in [0.25, 0.3) is 5.91 Å². The average Bonchev–Trinajstić information content (AvgIpc) is 3.09. The van der Waals surface area contributed by atoms with E-state index < -0.39 is 0 Å². The Morgan fingerprint density at radius 3 is 2.60 bits per heavy atom. The lowest BCUT2D eigenvalue weighted by atomic mass is 10.2. The zero-order valence-electron chi connectivity index (χ0n) is 11.9. The van der Waals surface area contributed by atoms with Crippen LogP contribution in [0.1, 0.15) is 16.9 Å². The van der Waals surface area contributed by atoms with E-state index in [9.17, 15) is 4.79 Å². The molecule has 5 nitrogen and oxygen atoms in total. The number of nitrogens with one attached hydrogen (secondary N) is 1. The van der Waals surface area contributed by atoms with E-state index in [1.54, 1.807) is 0 Å². The molecule has 1 unspecified atom stereocenters. The van der Waals surface area contributed by atoms with Gasteiger partial charge in [-0.3, -0.25) is 9.69 Å². The van der Waals surface area contributed by atoms with Crippen molar-refractivity contribution in [3.05, 3.63) is 24.0 Å². The fourth-order valence-corrected chi connectivity index (χ4v) is 3.09. The second kappa shape index (κ2) is 6.61. The number of amides is 1. The Morgan fingerprint density at radius 1 is 1.30 bits per heavy atom. The summed E-state index contributed by atoms with van der Waals surface area (Å²) in [6.45, 7) is 5.94. The Kier molecular flexibility index (Phi) is 5.07. The average molecular weight is 299 g/mol. The molecule has 1 aromatic rings. The maximum atomic E-state index is 12.4. The zero-order valence-corrected chi connectivity index (χ0v) is 12.7. The largest absolute Gasteiger partial charge is 0.347 e. The highest BCUT2D eigenvalue weighted by molar-refractivity contribution is 5.92. The predicted octanol–water partition coefficient (Wildman–Crippen LogP) is 0.567. The van der Waals surface area contributed by atoms with E-state index in [-0.39, 0.29) is 18.3 Å². The minimum Gasteiger partial charge on any atom is -0.347 e. The summed E-state index contributed by atoms with van der Waals surface area (Å²) in [5.74, 6) is 0.164. The molecule has 1 aromatic heterocycles. The van der Waals surface area contributed by atoms with Gasteiger partial charge in [-0.05, 0) is 25.1 Å². The Morgan fingerprint density at radius 2 is 2.05 bits per heavy atom. The molecule has 1 amide bonds.